The number of rotatable bonds is 6. The molecule has 0 unspecified atom stereocenters. The fraction of sp³-hybridized carbons (Fsp3) is 0.412. The van der Waals surface area contributed by atoms with Crippen molar-refractivity contribution in [3.63, 3.8) is 0 Å². The molecule has 1 aromatic heterocycles. The molecule has 2 heteroatoms. The Morgan fingerprint density at radius 2 is 2.16 bits per heavy atom. The Morgan fingerprint density at radius 3 is 2.89 bits per heavy atom. The zero-order chi connectivity index (χ0) is 13.2. The second-order valence-corrected chi connectivity index (χ2v) is 5.73. The molecular formula is C17H22N2. The van der Waals surface area contributed by atoms with Crippen LogP contribution in [0.2, 0.25) is 0 Å². The third-order valence-electron chi connectivity index (χ3n) is 3.72. The first-order chi connectivity index (χ1) is 9.24. The van der Waals surface area contributed by atoms with Crippen molar-refractivity contribution in [2.75, 3.05) is 6.54 Å². The molecule has 1 aliphatic rings. The maximum Gasteiger partial charge on any atom is 0.0486 e. The third kappa shape index (κ3) is 2.90. The number of allylic oxidation sites excluding steroid dienone is 1. The maximum atomic E-state index is 4.03. The molecule has 0 aliphatic heterocycles. The molecule has 1 aromatic carbocycles. The van der Waals surface area contributed by atoms with Crippen molar-refractivity contribution >= 4 is 10.9 Å². The highest BCUT2D eigenvalue weighted by Gasteiger charge is 2.19. The van der Waals surface area contributed by atoms with Crippen molar-refractivity contribution in [1.82, 2.24) is 9.88 Å². The molecule has 0 radical (unpaired) electrons. The molecule has 0 amide bonds. The van der Waals surface area contributed by atoms with Gasteiger partial charge in [-0.2, -0.15) is 0 Å². The molecule has 0 saturated heterocycles. The van der Waals surface area contributed by atoms with Crippen LogP contribution in [0.5, 0.6) is 0 Å². The van der Waals surface area contributed by atoms with Crippen LogP contribution < -0.4 is 5.32 Å². The summed E-state index contributed by atoms with van der Waals surface area (Å²) in [4.78, 5) is 0. The van der Waals surface area contributed by atoms with Gasteiger partial charge in [0.2, 0.25) is 0 Å². The lowest BCUT2D eigenvalue weighted by Crippen LogP contribution is -2.19. The van der Waals surface area contributed by atoms with Crippen LogP contribution in [0.3, 0.4) is 0 Å². The normalized spacial score (nSPS) is 15.0. The topological polar surface area (TPSA) is 17.0 Å². The van der Waals surface area contributed by atoms with Crippen molar-refractivity contribution in [3.8, 4) is 0 Å². The molecule has 1 heterocycles. The van der Waals surface area contributed by atoms with Crippen molar-refractivity contribution < 1.29 is 0 Å². The molecule has 1 saturated carbocycles. The smallest absolute Gasteiger partial charge is 0.0486 e. The average molecular weight is 254 g/mol. The Balaban J connectivity index is 1.82. The number of para-hydroxylation sites is 1. The lowest BCUT2D eigenvalue weighted by Gasteiger charge is -2.03. The Labute approximate surface area is 115 Å². The molecule has 0 atom stereocenters. The number of hydrogen-bond acceptors (Lipinski definition) is 1. The Kier molecular flexibility index (Phi) is 3.43. The van der Waals surface area contributed by atoms with E-state index in [1.165, 1.54) is 34.9 Å². The minimum atomic E-state index is 0.795. The molecule has 0 bridgehead atoms. The molecule has 3 rings (SSSR count). The summed E-state index contributed by atoms with van der Waals surface area (Å²) in [6.45, 7) is 8.12. The van der Waals surface area contributed by atoms with Crippen LogP contribution in [0, 0.1) is 0 Å². The van der Waals surface area contributed by atoms with Gasteiger partial charge in [-0.25, -0.2) is 0 Å². The van der Waals surface area contributed by atoms with Crippen LogP contribution in [0.15, 0.2) is 42.6 Å². The van der Waals surface area contributed by atoms with Crippen LogP contribution in [0.1, 0.15) is 25.3 Å². The molecule has 1 fully saturated rings. The van der Waals surface area contributed by atoms with E-state index in [0.717, 1.165) is 25.6 Å². The quantitative estimate of drug-likeness (QED) is 0.781. The lowest BCUT2D eigenvalue weighted by atomic mass is 10.1. The van der Waals surface area contributed by atoms with E-state index in [1.54, 1.807) is 0 Å². The van der Waals surface area contributed by atoms with Gasteiger partial charge in [-0.15, -0.1) is 0 Å². The summed E-state index contributed by atoms with van der Waals surface area (Å²) in [6, 6.07) is 9.48. The highest BCUT2D eigenvalue weighted by molar-refractivity contribution is 5.84. The van der Waals surface area contributed by atoms with Gasteiger partial charge in [0.1, 0.15) is 0 Å². The van der Waals surface area contributed by atoms with E-state index in [4.69, 9.17) is 0 Å². The minimum Gasteiger partial charge on any atom is -0.343 e. The first-order valence-corrected chi connectivity index (χ1v) is 7.18. The van der Waals surface area contributed by atoms with E-state index in [1.807, 2.05) is 0 Å². The van der Waals surface area contributed by atoms with Gasteiger partial charge in [-0.3, -0.25) is 0 Å². The van der Waals surface area contributed by atoms with Crippen molar-refractivity contribution in [1.29, 1.82) is 0 Å². The van der Waals surface area contributed by atoms with Gasteiger partial charge in [-0.1, -0.05) is 30.4 Å². The minimum absolute atomic E-state index is 0.795. The van der Waals surface area contributed by atoms with Crippen molar-refractivity contribution in [2.24, 2.45) is 0 Å². The molecule has 1 N–H and O–H groups in total. The molecule has 1 aliphatic carbocycles. The number of nitrogens with zero attached hydrogens (tertiary/aromatic N) is 1. The van der Waals surface area contributed by atoms with Crippen LogP contribution >= 0.6 is 0 Å². The summed E-state index contributed by atoms with van der Waals surface area (Å²) in [5.74, 6) is 0. The zero-order valence-electron chi connectivity index (χ0n) is 11.7. The van der Waals surface area contributed by atoms with E-state index >= 15 is 0 Å². The number of benzene rings is 1. The summed E-state index contributed by atoms with van der Waals surface area (Å²) >= 11 is 0. The first kappa shape index (κ1) is 12.5. The van der Waals surface area contributed by atoms with Crippen molar-refractivity contribution in [2.45, 2.75) is 38.8 Å². The Bertz CT molecular complexity index is 590. The highest BCUT2D eigenvalue weighted by Crippen LogP contribution is 2.23. The standard InChI is InChI=1S/C17H22N2/c1-13(2)11-19-12-14(9-10-18-15-7-8-15)16-5-3-4-6-17(16)19/h3-6,12,15,18H,1,7-11H2,2H3. The fourth-order valence-electron chi connectivity index (χ4n) is 2.64. The number of fused-ring (bicyclic) bond motifs is 1. The Hall–Kier alpha value is -1.54. The SMILES string of the molecule is C=C(C)Cn1cc(CCNC2CC2)c2ccccc21. The number of nitrogens with one attached hydrogen (secondary N) is 1. The Morgan fingerprint density at radius 1 is 1.37 bits per heavy atom. The first-order valence-electron chi connectivity index (χ1n) is 7.18. The van der Waals surface area contributed by atoms with Gasteiger partial charge in [0.25, 0.3) is 0 Å². The molecule has 0 spiro atoms. The summed E-state index contributed by atoms with van der Waals surface area (Å²) in [5, 5.41) is 4.98. The average Bonchev–Trinajstić information content (AvgIpc) is 3.14. The molecular weight excluding hydrogens is 232 g/mol. The summed E-state index contributed by atoms with van der Waals surface area (Å²) in [7, 11) is 0. The van der Waals surface area contributed by atoms with Gasteiger partial charge in [0.05, 0.1) is 0 Å². The molecule has 2 aromatic rings. The lowest BCUT2D eigenvalue weighted by molar-refractivity contribution is 0.681. The molecule has 19 heavy (non-hydrogen) atoms. The molecule has 100 valence electrons. The van der Waals surface area contributed by atoms with Crippen LogP contribution in [0.4, 0.5) is 0 Å². The third-order valence-corrected chi connectivity index (χ3v) is 3.72. The van der Waals surface area contributed by atoms with E-state index in [2.05, 4.69) is 53.8 Å². The van der Waals surface area contributed by atoms with Gasteiger partial charge in [-0.05, 0) is 44.4 Å². The van der Waals surface area contributed by atoms with Gasteiger partial charge in [0.15, 0.2) is 0 Å². The second-order valence-electron chi connectivity index (χ2n) is 5.73. The number of aromatic nitrogens is 1. The van der Waals surface area contributed by atoms with Crippen LogP contribution in [0.25, 0.3) is 10.9 Å². The maximum absolute atomic E-state index is 4.03. The van der Waals surface area contributed by atoms with Crippen molar-refractivity contribution in [3.05, 3.63) is 48.2 Å². The van der Waals surface area contributed by atoms with E-state index in [-0.39, 0.29) is 0 Å². The van der Waals surface area contributed by atoms with Gasteiger partial charge in [0, 0.05) is 29.7 Å². The number of hydrogen-bond donors (Lipinski definition) is 1. The van der Waals surface area contributed by atoms with Gasteiger partial charge < -0.3 is 9.88 Å². The van der Waals surface area contributed by atoms with Gasteiger partial charge >= 0.3 is 0 Å². The summed E-state index contributed by atoms with van der Waals surface area (Å²) < 4.78 is 2.32. The summed E-state index contributed by atoms with van der Waals surface area (Å²) in [6.07, 6.45) is 6.13. The fourth-order valence-corrected chi connectivity index (χ4v) is 2.64. The van der Waals surface area contributed by atoms with E-state index < -0.39 is 0 Å². The molecule has 2 nitrogen and oxygen atoms in total. The van der Waals surface area contributed by atoms with Crippen LogP contribution in [-0.2, 0) is 13.0 Å². The summed E-state index contributed by atoms with van der Waals surface area (Å²) in [5.41, 5.74) is 3.97. The van der Waals surface area contributed by atoms with E-state index in [0.29, 0.717) is 0 Å². The monoisotopic (exact) mass is 254 g/mol. The predicted molar refractivity (Wildman–Crippen MR) is 81.5 cm³/mol. The predicted octanol–water partition coefficient (Wildman–Crippen LogP) is 3.51. The largest absolute Gasteiger partial charge is 0.343 e. The van der Waals surface area contributed by atoms with Crippen LogP contribution in [-0.4, -0.2) is 17.2 Å². The second kappa shape index (κ2) is 5.22. The highest BCUT2D eigenvalue weighted by atomic mass is 15.0. The van der Waals surface area contributed by atoms with E-state index in [9.17, 15) is 0 Å². The zero-order valence-corrected chi connectivity index (χ0v) is 11.7.